The van der Waals surface area contributed by atoms with E-state index in [-0.39, 0.29) is 63.3 Å². The molecule has 80 heavy (non-hydrogen) atoms. The molecule has 4 aliphatic heterocycles. The fourth-order valence-electron chi connectivity index (χ4n) is 15.9. The van der Waals surface area contributed by atoms with Crippen molar-refractivity contribution in [3.63, 3.8) is 0 Å². The van der Waals surface area contributed by atoms with Crippen LogP contribution in [0.3, 0.4) is 0 Å². The maximum atomic E-state index is 15.6. The standard InChI is InChI=1S/C68H126N4O8/c1-21-25-29-43-69-61(5,6)39-35-51(47-65(69,13)14)77-56(73)34-33-55(58(74)78-52-36-40-62(7,8)70(44-30-26-22-2)66(15,16)48-52)57(59(75)79-53-37-41-63(9,10)71(45-31-27-23-3)67(17,18)49-53)60(76)80-54-38-42-64(11,12)72(46-32-28-24-4)68(19,20)50-54/h51-55,57H,21-50H2,1-20H3. The molecule has 4 heterocycles. The van der Waals surface area contributed by atoms with Crippen molar-refractivity contribution in [1.29, 1.82) is 0 Å². The molecule has 0 spiro atoms. The van der Waals surface area contributed by atoms with E-state index in [0.29, 0.717) is 44.9 Å². The molecule has 0 saturated carbocycles. The van der Waals surface area contributed by atoms with E-state index in [4.69, 9.17) is 18.9 Å². The third-order valence-electron chi connectivity index (χ3n) is 20.0. The number of carbonyl (C=O) groups excluding carboxylic acids is 4. The molecule has 0 aromatic rings. The van der Waals surface area contributed by atoms with Gasteiger partial charge < -0.3 is 18.9 Å². The van der Waals surface area contributed by atoms with E-state index >= 15 is 14.4 Å². The van der Waals surface area contributed by atoms with Crippen LogP contribution in [-0.2, 0) is 38.1 Å². The highest BCUT2D eigenvalue weighted by atomic mass is 16.6. The molecule has 5 atom stereocenters. The molecule has 0 N–H and O–H groups in total. The van der Waals surface area contributed by atoms with Gasteiger partial charge in [-0.05, 0) is 220 Å². The third kappa shape index (κ3) is 19.6. The Labute approximate surface area is 491 Å². The second-order valence-electron chi connectivity index (χ2n) is 30.8. The van der Waals surface area contributed by atoms with E-state index in [0.717, 1.165) is 129 Å². The summed E-state index contributed by atoms with van der Waals surface area (Å²) in [7, 11) is 0. The smallest absolute Gasteiger partial charge is 0.321 e. The van der Waals surface area contributed by atoms with Crippen molar-refractivity contribution in [2.75, 3.05) is 26.2 Å². The van der Waals surface area contributed by atoms with Gasteiger partial charge in [0, 0.05) is 76.4 Å². The SMILES string of the molecule is CCCCCN1C(C)(C)CCC(OC(=O)CCC(C(=O)OC2CCC(C)(C)N(CCCCC)C(C)(C)C2)C(C(=O)OC2CCC(C)(C)N(CCCCC)C(C)(C)C2)C(=O)OC2CCC(C)(C)N(CCCCC)C(C)(C)C2)CC1(C)C. The summed E-state index contributed by atoms with van der Waals surface area (Å²) in [5, 5.41) is 0. The Hall–Kier alpha value is -2.28. The summed E-state index contributed by atoms with van der Waals surface area (Å²) < 4.78 is 26.6. The first kappa shape index (κ1) is 70.2. The minimum absolute atomic E-state index is 0.0825. The lowest BCUT2D eigenvalue weighted by Crippen LogP contribution is -2.55. The molecule has 4 fully saturated rings. The van der Waals surface area contributed by atoms with Crippen LogP contribution in [-0.4, -0.2) is 138 Å². The first-order valence-electron chi connectivity index (χ1n) is 33.0. The van der Waals surface area contributed by atoms with Gasteiger partial charge in [-0.3, -0.25) is 38.8 Å². The number of nitrogens with zero attached hydrogens (tertiary/aromatic N) is 4. The van der Waals surface area contributed by atoms with E-state index in [1.165, 1.54) is 6.42 Å². The monoisotopic (exact) mass is 1130 g/mol. The lowest BCUT2D eigenvalue weighted by Gasteiger charge is -2.47. The van der Waals surface area contributed by atoms with Crippen LogP contribution in [0.1, 0.15) is 305 Å². The molecule has 12 nitrogen and oxygen atoms in total. The molecule has 4 aliphatic rings. The Morgan fingerprint density at radius 1 is 0.362 bits per heavy atom. The lowest BCUT2D eigenvalue weighted by molar-refractivity contribution is -0.180. The molecule has 5 unspecified atom stereocenters. The molecular weight excluding hydrogens is 1000 g/mol. The molecule has 0 aromatic carbocycles. The quantitative estimate of drug-likeness (QED) is 0.0337. The van der Waals surface area contributed by atoms with Crippen LogP contribution in [0.25, 0.3) is 0 Å². The van der Waals surface area contributed by atoms with E-state index in [1.54, 1.807) is 0 Å². The van der Waals surface area contributed by atoms with Crippen LogP contribution in [0.4, 0.5) is 0 Å². The molecule has 12 heteroatoms. The Bertz CT molecular complexity index is 1870. The van der Waals surface area contributed by atoms with Crippen LogP contribution in [0.2, 0.25) is 0 Å². The van der Waals surface area contributed by atoms with Gasteiger partial charge in [0.2, 0.25) is 0 Å². The summed E-state index contributed by atoms with van der Waals surface area (Å²) in [6, 6.07) is 0. The van der Waals surface area contributed by atoms with E-state index < -0.39 is 54.0 Å². The van der Waals surface area contributed by atoms with Crippen molar-refractivity contribution >= 4 is 23.9 Å². The number of ether oxygens (including phenoxy) is 4. The van der Waals surface area contributed by atoms with E-state index in [1.807, 2.05) is 0 Å². The molecular formula is C68H126N4O8. The first-order valence-corrected chi connectivity index (χ1v) is 33.0. The Kier molecular flexibility index (Phi) is 26.1. The zero-order valence-corrected chi connectivity index (χ0v) is 55.7. The van der Waals surface area contributed by atoms with E-state index in [9.17, 15) is 4.79 Å². The van der Waals surface area contributed by atoms with Crippen molar-refractivity contribution in [2.45, 2.75) is 374 Å². The maximum Gasteiger partial charge on any atom is 0.321 e. The van der Waals surface area contributed by atoms with Crippen LogP contribution < -0.4 is 0 Å². The molecule has 0 aliphatic carbocycles. The van der Waals surface area contributed by atoms with Crippen LogP contribution in [0.5, 0.6) is 0 Å². The summed E-state index contributed by atoms with van der Waals surface area (Å²) >= 11 is 0. The maximum absolute atomic E-state index is 15.6. The average molecular weight is 1130 g/mol. The van der Waals surface area contributed by atoms with Gasteiger partial charge in [0.15, 0.2) is 5.92 Å². The fourth-order valence-corrected chi connectivity index (χ4v) is 15.9. The summed E-state index contributed by atoms with van der Waals surface area (Å²) in [5.74, 6) is -5.61. The van der Waals surface area contributed by atoms with Crippen LogP contribution in [0.15, 0.2) is 0 Å². The minimum atomic E-state index is -1.65. The van der Waals surface area contributed by atoms with Crippen molar-refractivity contribution in [3.05, 3.63) is 0 Å². The number of hydrogen-bond acceptors (Lipinski definition) is 12. The van der Waals surface area contributed by atoms with E-state index in [2.05, 4.69) is 158 Å². The van der Waals surface area contributed by atoms with Crippen LogP contribution >= 0.6 is 0 Å². The van der Waals surface area contributed by atoms with Crippen molar-refractivity contribution in [3.8, 4) is 0 Å². The number of hydrogen-bond donors (Lipinski definition) is 0. The third-order valence-corrected chi connectivity index (χ3v) is 20.0. The highest BCUT2D eigenvalue weighted by molar-refractivity contribution is 5.99. The molecule has 0 aromatic heterocycles. The minimum Gasteiger partial charge on any atom is -0.462 e. The second-order valence-corrected chi connectivity index (χ2v) is 30.8. The van der Waals surface area contributed by atoms with Gasteiger partial charge in [0.25, 0.3) is 0 Å². The van der Waals surface area contributed by atoms with Crippen molar-refractivity contribution in [2.24, 2.45) is 11.8 Å². The van der Waals surface area contributed by atoms with Gasteiger partial charge in [-0.2, -0.15) is 0 Å². The highest BCUT2D eigenvalue weighted by Crippen LogP contribution is 2.44. The summed E-state index contributed by atoms with van der Waals surface area (Å²) in [6.45, 7) is 49.1. The molecule has 4 rings (SSSR count). The van der Waals surface area contributed by atoms with Gasteiger partial charge in [-0.15, -0.1) is 0 Å². The summed E-state index contributed by atoms with van der Waals surface area (Å²) in [5.41, 5.74) is -1.72. The van der Waals surface area contributed by atoms with Crippen LogP contribution in [0, 0.1) is 11.8 Å². The molecule has 0 bridgehead atoms. The predicted molar refractivity (Wildman–Crippen MR) is 329 cm³/mol. The molecule has 0 radical (unpaired) electrons. The van der Waals surface area contributed by atoms with Crippen molar-refractivity contribution < 1.29 is 38.1 Å². The van der Waals surface area contributed by atoms with Crippen molar-refractivity contribution in [1.82, 2.24) is 19.6 Å². The van der Waals surface area contributed by atoms with Gasteiger partial charge in [-0.1, -0.05) is 79.1 Å². The topological polar surface area (TPSA) is 118 Å². The second kappa shape index (κ2) is 29.7. The summed E-state index contributed by atoms with van der Waals surface area (Å²) in [6.07, 6.45) is 19.7. The molecule has 0 amide bonds. The van der Waals surface area contributed by atoms with Gasteiger partial charge in [0.05, 0.1) is 5.92 Å². The Morgan fingerprint density at radius 3 is 0.875 bits per heavy atom. The highest BCUT2D eigenvalue weighted by Gasteiger charge is 2.51. The van der Waals surface area contributed by atoms with Gasteiger partial charge >= 0.3 is 23.9 Å². The molecule has 4 saturated heterocycles. The number of esters is 4. The Morgan fingerprint density at radius 2 is 0.613 bits per heavy atom. The average Bonchev–Trinajstić information content (AvgIpc) is 3.61. The zero-order valence-electron chi connectivity index (χ0n) is 55.7. The fraction of sp³-hybridized carbons (Fsp3) is 0.941. The number of carbonyl (C=O) groups is 4. The normalized spacial score (nSPS) is 27.5. The Balaban J connectivity index is 1.79. The predicted octanol–water partition coefficient (Wildman–Crippen LogP) is 15.6. The summed E-state index contributed by atoms with van der Waals surface area (Å²) in [4.78, 5) is 71.6. The lowest BCUT2D eigenvalue weighted by atomic mass is 9.87. The zero-order chi connectivity index (χ0) is 60.1. The number of unbranched alkanes of at least 4 members (excludes halogenated alkanes) is 8. The number of rotatable bonds is 27. The van der Waals surface area contributed by atoms with Gasteiger partial charge in [-0.25, -0.2) is 0 Å². The first-order chi connectivity index (χ1) is 37.1. The number of likely N-dealkylation sites (tertiary alicyclic amines) is 4. The van der Waals surface area contributed by atoms with Gasteiger partial charge in [0.1, 0.15) is 24.4 Å². The largest absolute Gasteiger partial charge is 0.462 e. The molecule has 466 valence electrons.